The van der Waals surface area contributed by atoms with Gasteiger partial charge in [0.15, 0.2) is 0 Å². The molecule has 94 valence electrons. The highest BCUT2D eigenvalue weighted by Crippen LogP contribution is 2.63. The third kappa shape index (κ3) is 1.90. The quantitative estimate of drug-likeness (QED) is 0.900. The van der Waals surface area contributed by atoms with Crippen molar-refractivity contribution in [3.05, 3.63) is 10.7 Å². The van der Waals surface area contributed by atoms with Crippen LogP contribution in [0.5, 0.6) is 0 Å². The number of aromatic nitrogens is 2. The molecule has 2 N–H and O–H groups in total. The summed E-state index contributed by atoms with van der Waals surface area (Å²) in [6, 6.07) is 0.436. The number of anilines is 2. The second kappa shape index (κ2) is 3.83. The average Bonchev–Trinajstić information content (AvgIpc) is 2.64. The number of rotatable bonds is 3. The van der Waals surface area contributed by atoms with Crippen molar-refractivity contribution < 1.29 is 0 Å². The van der Waals surface area contributed by atoms with Crippen LogP contribution < -0.4 is 10.6 Å². The zero-order chi connectivity index (χ0) is 12.8. The van der Waals surface area contributed by atoms with Crippen molar-refractivity contribution in [3.63, 3.8) is 0 Å². The van der Waals surface area contributed by atoms with E-state index in [-0.39, 0.29) is 10.8 Å². The van der Waals surface area contributed by atoms with E-state index in [1.165, 1.54) is 0 Å². The number of nitrogens with one attached hydrogen (secondary N) is 2. The molecule has 0 atom stereocenters. The monoisotopic (exact) mass is 298 g/mol. The molecule has 0 spiro atoms. The van der Waals surface area contributed by atoms with Gasteiger partial charge in [-0.1, -0.05) is 27.7 Å². The molecule has 1 aromatic heterocycles. The molecule has 1 fully saturated rings. The lowest BCUT2D eigenvalue weighted by Gasteiger charge is -2.10. The SMILES string of the molecule is CNc1ncc(Br)c(NC2C(C)(C)C2(C)C)n1. The topological polar surface area (TPSA) is 49.8 Å². The summed E-state index contributed by atoms with van der Waals surface area (Å²) in [5, 5.41) is 6.45. The third-order valence-electron chi connectivity index (χ3n) is 4.27. The summed E-state index contributed by atoms with van der Waals surface area (Å²) in [6.45, 7) is 9.11. The fourth-order valence-corrected chi connectivity index (χ4v) is 2.59. The minimum absolute atomic E-state index is 0.289. The maximum atomic E-state index is 4.42. The Bertz CT molecular complexity index is 428. The van der Waals surface area contributed by atoms with Gasteiger partial charge in [-0.15, -0.1) is 0 Å². The predicted molar refractivity (Wildman–Crippen MR) is 74.3 cm³/mol. The van der Waals surface area contributed by atoms with Gasteiger partial charge in [-0.2, -0.15) is 4.98 Å². The van der Waals surface area contributed by atoms with Crippen molar-refractivity contribution in [2.75, 3.05) is 17.7 Å². The van der Waals surface area contributed by atoms with Crippen LogP contribution in [0.4, 0.5) is 11.8 Å². The Labute approximate surface area is 111 Å². The van der Waals surface area contributed by atoms with E-state index < -0.39 is 0 Å². The summed E-state index contributed by atoms with van der Waals surface area (Å²) in [4.78, 5) is 8.57. The molecule has 1 aromatic rings. The first-order chi connectivity index (χ1) is 7.80. The molecule has 5 heteroatoms. The zero-order valence-corrected chi connectivity index (χ0v) is 12.5. The first kappa shape index (κ1) is 12.6. The molecule has 0 aliphatic heterocycles. The van der Waals surface area contributed by atoms with Crippen LogP contribution in [0.1, 0.15) is 27.7 Å². The minimum atomic E-state index is 0.289. The Kier molecular flexibility index (Phi) is 2.84. The van der Waals surface area contributed by atoms with Gasteiger partial charge in [0.25, 0.3) is 0 Å². The van der Waals surface area contributed by atoms with Crippen LogP contribution >= 0.6 is 15.9 Å². The summed E-state index contributed by atoms with van der Waals surface area (Å²) in [5.41, 5.74) is 0.578. The fraction of sp³-hybridized carbons (Fsp3) is 0.667. The van der Waals surface area contributed by atoms with E-state index in [0.29, 0.717) is 12.0 Å². The zero-order valence-electron chi connectivity index (χ0n) is 10.9. The van der Waals surface area contributed by atoms with Crippen LogP contribution in [-0.2, 0) is 0 Å². The maximum absolute atomic E-state index is 4.42. The standard InChI is InChI=1S/C12H19BrN4/c1-11(2)9(12(11,3)4)16-8-7(13)6-15-10(14-5)17-8/h6,9H,1-5H3,(H2,14,15,16,17). The first-order valence-electron chi connectivity index (χ1n) is 5.77. The highest BCUT2D eigenvalue weighted by molar-refractivity contribution is 9.10. The number of nitrogens with zero attached hydrogens (tertiary/aromatic N) is 2. The van der Waals surface area contributed by atoms with E-state index in [9.17, 15) is 0 Å². The lowest BCUT2D eigenvalue weighted by Crippen LogP contribution is -2.12. The number of hydrogen-bond donors (Lipinski definition) is 2. The van der Waals surface area contributed by atoms with Crippen molar-refractivity contribution in [2.45, 2.75) is 33.7 Å². The number of hydrogen-bond acceptors (Lipinski definition) is 4. The van der Waals surface area contributed by atoms with Gasteiger partial charge in [-0.25, -0.2) is 4.98 Å². The van der Waals surface area contributed by atoms with Crippen LogP contribution in [0.25, 0.3) is 0 Å². The summed E-state index contributed by atoms with van der Waals surface area (Å²) >= 11 is 3.48. The highest BCUT2D eigenvalue weighted by atomic mass is 79.9. The molecular weight excluding hydrogens is 280 g/mol. The maximum Gasteiger partial charge on any atom is 0.224 e. The van der Waals surface area contributed by atoms with Crippen molar-refractivity contribution in [1.82, 2.24) is 9.97 Å². The molecule has 0 aromatic carbocycles. The molecule has 0 amide bonds. The third-order valence-corrected chi connectivity index (χ3v) is 4.85. The van der Waals surface area contributed by atoms with E-state index >= 15 is 0 Å². The van der Waals surface area contributed by atoms with Gasteiger partial charge in [-0.3, -0.25) is 0 Å². The van der Waals surface area contributed by atoms with Gasteiger partial charge in [0.2, 0.25) is 5.95 Å². The van der Waals surface area contributed by atoms with E-state index in [1.807, 2.05) is 7.05 Å². The Morgan fingerprint density at radius 3 is 2.29 bits per heavy atom. The van der Waals surface area contributed by atoms with E-state index in [1.54, 1.807) is 6.20 Å². The molecule has 4 nitrogen and oxygen atoms in total. The molecular formula is C12H19BrN4. The molecule has 0 radical (unpaired) electrons. The van der Waals surface area contributed by atoms with Crippen LogP contribution in [0.15, 0.2) is 10.7 Å². The largest absolute Gasteiger partial charge is 0.365 e. The number of halogens is 1. The second-order valence-corrected chi connectivity index (χ2v) is 6.52. The first-order valence-corrected chi connectivity index (χ1v) is 6.57. The van der Waals surface area contributed by atoms with Crippen molar-refractivity contribution in [3.8, 4) is 0 Å². The normalized spacial score (nSPS) is 21.1. The molecule has 17 heavy (non-hydrogen) atoms. The van der Waals surface area contributed by atoms with Gasteiger partial charge in [-0.05, 0) is 26.8 Å². The van der Waals surface area contributed by atoms with Crippen LogP contribution in [0.2, 0.25) is 0 Å². The van der Waals surface area contributed by atoms with Crippen molar-refractivity contribution in [2.24, 2.45) is 10.8 Å². The van der Waals surface area contributed by atoms with E-state index in [2.05, 4.69) is 64.2 Å². The Morgan fingerprint density at radius 2 is 1.82 bits per heavy atom. The average molecular weight is 299 g/mol. The highest BCUT2D eigenvalue weighted by Gasteiger charge is 2.65. The molecule has 0 unspecified atom stereocenters. The molecule has 1 aliphatic rings. The Hall–Kier alpha value is -0.840. The molecule has 1 aliphatic carbocycles. The minimum Gasteiger partial charge on any atom is -0.365 e. The second-order valence-electron chi connectivity index (χ2n) is 5.66. The smallest absolute Gasteiger partial charge is 0.224 e. The van der Waals surface area contributed by atoms with Crippen molar-refractivity contribution >= 4 is 27.7 Å². The van der Waals surface area contributed by atoms with E-state index in [4.69, 9.17) is 0 Å². The van der Waals surface area contributed by atoms with Gasteiger partial charge < -0.3 is 10.6 Å². The molecule has 2 rings (SSSR count). The lowest BCUT2D eigenvalue weighted by atomic mass is 10.0. The summed E-state index contributed by atoms with van der Waals surface area (Å²) in [7, 11) is 1.82. The van der Waals surface area contributed by atoms with E-state index in [0.717, 1.165) is 10.3 Å². The van der Waals surface area contributed by atoms with Crippen LogP contribution in [0.3, 0.4) is 0 Å². The van der Waals surface area contributed by atoms with Gasteiger partial charge in [0.05, 0.1) is 4.47 Å². The van der Waals surface area contributed by atoms with Gasteiger partial charge >= 0.3 is 0 Å². The molecule has 1 heterocycles. The lowest BCUT2D eigenvalue weighted by molar-refractivity contribution is 0.457. The Balaban J connectivity index is 2.21. The Morgan fingerprint density at radius 1 is 1.24 bits per heavy atom. The van der Waals surface area contributed by atoms with Gasteiger partial charge in [0, 0.05) is 19.3 Å². The molecule has 1 saturated carbocycles. The van der Waals surface area contributed by atoms with Gasteiger partial charge in [0.1, 0.15) is 5.82 Å². The molecule has 0 bridgehead atoms. The van der Waals surface area contributed by atoms with Crippen molar-refractivity contribution in [1.29, 1.82) is 0 Å². The van der Waals surface area contributed by atoms with Crippen LogP contribution in [-0.4, -0.2) is 23.1 Å². The van der Waals surface area contributed by atoms with Crippen LogP contribution in [0, 0.1) is 10.8 Å². The summed E-state index contributed by atoms with van der Waals surface area (Å²) in [6.07, 6.45) is 1.77. The molecule has 0 saturated heterocycles. The summed E-state index contributed by atoms with van der Waals surface area (Å²) < 4.78 is 0.898. The fourth-order valence-electron chi connectivity index (χ4n) is 2.28. The summed E-state index contributed by atoms with van der Waals surface area (Å²) in [5.74, 6) is 1.49. The predicted octanol–water partition coefficient (Wildman–Crippen LogP) is 3.13.